The standard InChI is InChI=1S/C12H17NO5/c1-8(2)10(14)13-5-6-17-7-12(13,16)18-11(15)9(3)4/h16H,1,3,5-7H2,2,4H3. The summed E-state index contributed by atoms with van der Waals surface area (Å²) >= 11 is 0. The van der Waals surface area contributed by atoms with E-state index in [2.05, 4.69) is 13.2 Å². The van der Waals surface area contributed by atoms with Crippen LogP contribution in [0.15, 0.2) is 24.3 Å². The zero-order valence-corrected chi connectivity index (χ0v) is 10.6. The van der Waals surface area contributed by atoms with Crippen molar-refractivity contribution >= 4 is 11.9 Å². The molecule has 0 aromatic carbocycles. The predicted molar refractivity (Wildman–Crippen MR) is 63.2 cm³/mol. The first kappa shape index (κ1) is 14.4. The van der Waals surface area contributed by atoms with Crippen LogP contribution in [0.1, 0.15) is 13.8 Å². The average molecular weight is 255 g/mol. The van der Waals surface area contributed by atoms with Crippen LogP contribution in [0.25, 0.3) is 0 Å². The van der Waals surface area contributed by atoms with E-state index >= 15 is 0 Å². The Labute approximate surface area is 105 Å². The van der Waals surface area contributed by atoms with E-state index in [1.165, 1.54) is 13.8 Å². The largest absolute Gasteiger partial charge is 0.408 e. The summed E-state index contributed by atoms with van der Waals surface area (Å²) in [5.74, 6) is -3.39. The first-order valence-corrected chi connectivity index (χ1v) is 5.44. The van der Waals surface area contributed by atoms with Crippen molar-refractivity contribution in [2.45, 2.75) is 19.8 Å². The molecule has 1 rings (SSSR count). The molecule has 0 aromatic heterocycles. The van der Waals surface area contributed by atoms with Crippen molar-refractivity contribution in [2.24, 2.45) is 0 Å². The number of carbonyl (C=O) groups excluding carboxylic acids is 2. The molecule has 1 N–H and O–H groups in total. The lowest BCUT2D eigenvalue weighted by Gasteiger charge is -2.41. The molecule has 1 saturated heterocycles. The van der Waals surface area contributed by atoms with E-state index in [4.69, 9.17) is 9.47 Å². The molecule has 1 aliphatic heterocycles. The highest BCUT2D eigenvalue weighted by Gasteiger charge is 2.44. The van der Waals surface area contributed by atoms with Gasteiger partial charge in [-0.15, -0.1) is 0 Å². The molecule has 0 spiro atoms. The maximum Gasteiger partial charge on any atom is 0.337 e. The second-order valence-electron chi connectivity index (χ2n) is 4.20. The number of rotatable bonds is 3. The fourth-order valence-corrected chi connectivity index (χ4v) is 1.42. The molecule has 0 radical (unpaired) electrons. The number of hydrogen-bond acceptors (Lipinski definition) is 5. The second kappa shape index (κ2) is 5.32. The zero-order chi connectivity index (χ0) is 13.9. The Bertz CT molecular complexity index is 403. The molecule has 6 heteroatoms. The van der Waals surface area contributed by atoms with Crippen LogP contribution in [-0.2, 0) is 19.1 Å². The molecule has 1 amide bonds. The zero-order valence-electron chi connectivity index (χ0n) is 10.6. The van der Waals surface area contributed by atoms with Gasteiger partial charge < -0.3 is 14.6 Å². The number of nitrogens with zero attached hydrogens (tertiary/aromatic N) is 1. The van der Waals surface area contributed by atoms with Gasteiger partial charge in [0.2, 0.25) is 0 Å². The van der Waals surface area contributed by atoms with Gasteiger partial charge in [0.05, 0.1) is 13.2 Å². The summed E-state index contributed by atoms with van der Waals surface area (Å²) in [7, 11) is 0. The van der Waals surface area contributed by atoms with E-state index < -0.39 is 17.8 Å². The summed E-state index contributed by atoms with van der Waals surface area (Å²) in [6.07, 6.45) is 0. The maximum absolute atomic E-state index is 11.9. The minimum atomic E-state index is -2.11. The highest BCUT2D eigenvalue weighted by Crippen LogP contribution is 2.22. The number of morpholine rings is 1. The molecular weight excluding hydrogens is 238 g/mol. The van der Waals surface area contributed by atoms with Gasteiger partial charge in [0.25, 0.3) is 5.91 Å². The van der Waals surface area contributed by atoms with E-state index in [-0.39, 0.29) is 30.9 Å². The third kappa shape index (κ3) is 2.96. The molecule has 0 aromatic rings. The van der Waals surface area contributed by atoms with Gasteiger partial charge in [-0.2, -0.15) is 0 Å². The van der Waals surface area contributed by atoms with E-state index in [0.29, 0.717) is 0 Å². The Balaban J connectivity index is 2.92. The topological polar surface area (TPSA) is 76.1 Å². The summed E-state index contributed by atoms with van der Waals surface area (Å²) in [5, 5.41) is 10.2. The number of esters is 1. The number of aliphatic hydroxyl groups is 1. The van der Waals surface area contributed by atoms with Gasteiger partial charge in [-0.1, -0.05) is 13.2 Å². The van der Waals surface area contributed by atoms with E-state index in [1.807, 2.05) is 0 Å². The Kier molecular flexibility index (Phi) is 4.26. The third-order valence-electron chi connectivity index (χ3n) is 2.39. The second-order valence-corrected chi connectivity index (χ2v) is 4.20. The van der Waals surface area contributed by atoms with Crippen LogP contribution in [0.3, 0.4) is 0 Å². The van der Waals surface area contributed by atoms with Gasteiger partial charge in [0.1, 0.15) is 6.61 Å². The Morgan fingerprint density at radius 1 is 1.33 bits per heavy atom. The molecule has 1 aliphatic rings. The molecule has 0 bridgehead atoms. The normalized spacial score (nSPS) is 23.4. The minimum absolute atomic E-state index is 0.117. The van der Waals surface area contributed by atoms with Crippen LogP contribution in [-0.4, -0.2) is 47.6 Å². The maximum atomic E-state index is 11.9. The molecule has 1 atom stereocenters. The lowest BCUT2D eigenvalue weighted by Crippen LogP contribution is -2.61. The fraction of sp³-hybridized carbons (Fsp3) is 0.500. The van der Waals surface area contributed by atoms with Crippen molar-refractivity contribution in [2.75, 3.05) is 19.8 Å². The molecule has 1 fully saturated rings. The van der Waals surface area contributed by atoms with Crippen molar-refractivity contribution in [3.05, 3.63) is 24.3 Å². The Morgan fingerprint density at radius 2 is 1.94 bits per heavy atom. The van der Waals surface area contributed by atoms with E-state index in [1.54, 1.807) is 0 Å². The molecule has 6 nitrogen and oxygen atoms in total. The van der Waals surface area contributed by atoms with Gasteiger partial charge >= 0.3 is 11.9 Å². The highest BCUT2D eigenvalue weighted by atomic mass is 16.7. The summed E-state index contributed by atoms with van der Waals surface area (Å²) in [5.41, 5.74) is 0.360. The predicted octanol–water partition coefficient (Wildman–Crippen LogP) is 0.187. The summed E-state index contributed by atoms with van der Waals surface area (Å²) in [4.78, 5) is 24.3. The van der Waals surface area contributed by atoms with Crippen molar-refractivity contribution < 1.29 is 24.2 Å². The number of amides is 1. The lowest BCUT2D eigenvalue weighted by molar-refractivity contribution is -0.305. The average Bonchev–Trinajstić information content (AvgIpc) is 2.27. The van der Waals surface area contributed by atoms with Gasteiger partial charge in [0, 0.05) is 11.1 Å². The fourth-order valence-electron chi connectivity index (χ4n) is 1.42. The molecular formula is C12H17NO5. The number of ether oxygens (including phenoxy) is 2. The van der Waals surface area contributed by atoms with Crippen molar-refractivity contribution in [1.82, 2.24) is 4.90 Å². The van der Waals surface area contributed by atoms with Crippen LogP contribution in [0.2, 0.25) is 0 Å². The molecule has 1 heterocycles. The van der Waals surface area contributed by atoms with Gasteiger partial charge in [-0.05, 0) is 13.8 Å². The quantitative estimate of drug-likeness (QED) is 0.442. The van der Waals surface area contributed by atoms with Gasteiger partial charge in [-0.25, -0.2) is 4.79 Å². The van der Waals surface area contributed by atoms with Crippen LogP contribution in [0.4, 0.5) is 0 Å². The van der Waals surface area contributed by atoms with Gasteiger partial charge in [-0.3, -0.25) is 9.69 Å². The van der Waals surface area contributed by atoms with Crippen molar-refractivity contribution in [3.63, 3.8) is 0 Å². The first-order chi connectivity index (χ1) is 8.28. The molecule has 100 valence electrons. The number of hydrogen-bond donors (Lipinski definition) is 1. The molecule has 0 aliphatic carbocycles. The lowest BCUT2D eigenvalue weighted by atomic mass is 10.2. The van der Waals surface area contributed by atoms with Gasteiger partial charge in [0.15, 0.2) is 0 Å². The van der Waals surface area contributed by atoms with Crippen LogP contribution in [0, 0.1) is 0 Å². The summed E-state index contributed by atoms with van der Waals surface area (Å²) < 4.78 is 9.93. The van der Waals surface area contributed by atoms with Crippen LogP contribution in [0.5, 0.6) is 0 Å². The third-order valence-corrected chi connectivity index (χ3v) is 2.39. The molecule has 1 unspecified atom stereocenters. The Hall–Kier alpha value is -1.66. The van der Waals surface area contributed by atoms with Crippen LogP contribution >= 0.6 is 0 Å². The highest BCUT2D eigenvalue weighted by molar-refractivity contribution is 5.93. The SMILES string of the molecule is C=C(C)C(=O)OC1(O)COCCN1C(=O)C(=C)C. The summed E-state index contributed by atoms with van der Waals surface area (Å²) in [6.45, 7) is 9.95. The first-order valence-electron chi connectivity index (χ1n) is 5.44. The number of carbonyl (C=O) groups is 2. The monoisotopic (exact) mass is 255 g/mol. The minimum Gasteiger partial charge on any atom is -0.408 e. The van der Waals surface area contributed by atoms with E-state index in [0.717, 1.165) is 4.90 Å². The Morgan fingerprint density at radius 3 is 2.44 bits per heavy atom. The summed E-state index contributed by atoms with van der Waals surface area (Å²) in [6, 6.07) is 0. The van der Waals surface area contributed by atoms with Crippen LogP contribution < -0.4 is 0 Å². The smallest absolute Gasteiger partial charge is 0.337 e. The van der Waals surface area contributed by atoms with Crippen molar-refractivity contribution in [1.29, 1.82) is 0 Å². The molecule has 18 heavy (non-hydrogen) atoms. The molecule has 0 saturated carbocycles. The van der Waals surface area contributed by atoms with Crippen molar-refractivity contribution in [3.8, 4) is 0 Å². The van der Waals surface area contributed by atoms with E-state index in [9.17, 15) is 14.7 Å².